The first-order chi connectivity index (χ1) is 8.39. The van der Waals surface area contributed by atoms with Crippen molar-refractivity contribution in [2.45, 2.75) is 45.1 Å². The number of likely N-dealkylation sites (N-methyl/N-ethyl adjacent to an activating group) is 2. The number of hydrogen-bond donors (Lipinski definition) is 1. The van der Waals surface area contributed by atoms with Crippen molar-refractivity contribution in [3.05, 3.63) is 0 Å². The molecule has 1 fully saturated rings. The van der Waals surface area contributed by atoms with E-state index >= 15 is 0 Å². The lowest BCUT2D eigenvalue weighted by Gasteiger charge is -2.49. The van der Waals surface area contributed by atoms with Crippen LogP contribution in [0.25, 0.3) is 0 Å². The summed E-state index contributed by atoms with van der Waals surface area (Å²) in [7, 11) is 6.70. The molecule has 1 unspecified atom stereocenters. The van der Waals surface area contributed by atoms with Crippen molar-refractivity contribution in [1.82, 2.24) is 9.80 Å². The molecule has 3 heteroatoms. The van der Waals surface area contributed by atoms with Gasteiger partial charge in [0.1, 0.15) is 0 Å². The van der Waals surface area contributed by atoms with Crippen molar-refractivity contribution in [3.63, 3.8) is 0 Å². The summed E-state index contributed by atoms with van der Waals surface area (Å²) in [4.78, 5) is 4.92. The first kappa shape index (κ1) is 15.9. The molecule has 0 spiro atoms. The van der Waals surface area contributed by atoms with E-state index in [-0.39, 0.29) is 0 Å². The van der Waals surface area contributed by atoms with E-state index in [0.29, 0.717) is 11.5 Å². The van der Waals surface area contributed by atoms with Crippen molar-refractivity contribution in [3.8, 4) is 0 Å². The van der Waals surface area contributed by atoms with Gasteiger partial charge in [0.05, 0.1) is 0 Å². The molecule has 0 saturated heterocycles. The van der Waals surface area contributed by atoms with Crippen molar-refractivity contribution in [2.24, 2.45) is 17.6 Å². The molecule has 0 heterocycles. The van der Waals surface area contributed by atoms with E-state index in [2.05, 4.69) is 44.8 Å². The molecular weight excluding hydrogens is 222 g/mol. The van der Waals surface area contributed by atoms with Gasteiger partial charge in [0, 0.05) is 18.6 Å². The highest BCUT2D eigenvalue weighted by Gasteiger charge is 2.39. The molecule has 0 bridgehead atoms. The van der Waals surface area contributed by atoms with Gasteiger partial charge in [-0.05, 0) is 65.2 Å². The number of rotatable bonds is 8. The Labute approximate surface area is 114 Å². The Kier molecular flexibility index (Phi) is 6.09. The Balaban J connectivity index is 2.42. The van der Waals surface area contributed by atoms with E-state index in [1.165, 1.54) is 32.2 Å². The van der Waals surface area contributed by atoms with Gasteiger partial charge >= 0.3 is 0 Å². The topological polar surface area (TPSA) is 32.5 Å². The molecule has 1 atom stereocenters. The second kappa shape index (κ2) is 6.88. The summed E-state index contributed by atoms with van der Waals surface area (Å²) in [5, 5.41) is 0. The van der Waals surface area contributed by atoms with Gasteiger partial charge in [-0.1, -0.05) is 13.8 Å². The van der Waals surface area contributed by atoms with Gasteiger partial charge in [-0.25, -0.2) is 0 Å². The Hall–Kier alpha value is -0.120. The predicted molar refractivity (Wildman–Crippen MR) is 79.8 cm³/mol. The smallest absolute Gasteiger partial charge is 0.0330 e. The third-order valence-electron chi connectivity index (χ3n) is 4.51. The van der Waals surface area contributed by atoms with Crippen LogP contribution in [-0.4, -0.2) is 56.1 Å². The zero-order valence-corrected chi connectivity index (χ0v) is 13.1. The molecule has 1 aliphatic carbocycles. The Morgan fingerprint density at radius 3 is 2.11 bits per heavy atom. The summed E-state index contributed by atoms with van der Waals surface area (Å²) in [5.74, 6) is 1.40. The Bertz CT molecular complexity index is 234. The lowest BCUT2D eigenvalue weighted by molar-refractivity contribution is 0.0236. The van der Waals surface area contributed by atoms with Gasteiger partial charge in [0.25, 0.3) is 0 Å². The number of hydrogen-bond acceptors (Lipinski definition) is 3. The first-order valence-electron chi connectivity index (χ1n) is 7.45. The highest BCUT2D eigenvalue weighted by atomic mass is 15.2. The fourth-order valence-electron chi connectivity index (χ4n) is 3.25. The summed E-state index contributed by atoms with van der Waals surface area (Å²) in [6.45, 7) is 7.72. The molecule has 108 valence electrons. The van der Waals surface area contributed by atoms with Gasteiger partial charge in [-0.15, -0.1) is 0 Å². The molecule has 1 saturated carbocycles. The van der Waals surface area contributed by atoms with Crippen LogP contribution in [0.4, 0.5) is 0 Å². The van der Waals surface area contributed by atoms with E-state index in [1.54, 1.807) is 0 Å². The average Bonchev–Trinajstić information content (AvgIpc) is 2.21. The maximum atomic E-state index is 5.90. The lowest BCUT2D eigenvalue weighted by atomic mass is 9.75. The molecule has 0 radical (unpaired) electrons. The number of nitrogens with two attached hydrogens (primary N) is 1. The second-order valence-electron chi connectivity index (χ2n) is 6.90. The fourth-order valence-corrected chi connectivity index (χ4v) is 3.25. The summed E-state index contributed by atoms with van der Waals surface area (Å²) in [6, 6.07) is 0. The van der Waals surface area contributed by atoms with Gasteiger partial charge in [-0.2, -0.15) is 0 Å². The molecule has 0 amide bonds. The summed E-state index contributed by atoms with van der Waals surface area (Å²) in [6.07, 6.45) is 5.33. The second-order valence-corrected chi connectivity index (χ2v) is 6.90. The molecule has 0 aromatic heterocycles. The van der Waals surface area contributed by atoms with Gasteiger partial charge in [0.2, 0.25) is 0 Å². The maximum absolute atomic E-state index is 5.90. The SMILES string of the molecule is CC(C)CC(CN)CN(C)CC1(N(C)C)CCC1. The van der Waals surface area contributed by atoms with E-state index in [4.69, 9.17) is 5.73 Å². The van der Waals surface area contributed by atoms with Crippen molar-refractivity contribution < 1.29 is 0 Å². The number of nitrogens with zero attached hydrogens (tertiary/aromatic N) is 2. The standard InChI is InChI=1S/C15H33N3/c1-13(2)9-14(10-16)11-18(5)12-15(17(3)4)7-6-8-15/h13-14H,6-12,16H2,1-5H3. The molecule has 1 rings (SSSR count). The zero-order valence-electron chi connectivity index (χ0n) is 13.1. The van der Waals surface area contributed by atoms with Crippen LogP contribution >= 0.6 is 0 Å². The predicted octanol–water partition coefficient (Wildman–Crippen LogP) is 2.02. The van der Waals surface area contributed by atoms with E-state index in [1.807, 2.05) is 0 Å². The lowest BCUT2D eigenvalue weighted by Crippen LogP contribution is -2.57. The van der Waals surface area contributed by atoms with E-state index in [0.717, 1.165) is 19.0 Å². The Morgan fingerprint density at radius 2 is 1.78 bits per heavy atom. The van der Waals surface area contributed by atoms with Crippen LogP contribution in [-0.2, 0) is 0 Å². The molecular formula is C15H33N3. The summed E-state index contributed by atoms with van der Waals surface area (Å²) < 4.78 is 0. The minimum atomic E-state index is 0.436. The highest BCUT2D eigenvalue weighted by Crippen LogP contribution is 2.36. The first-order valence-corrected chi connectivity index (χ1v) is 7.45. The molecule has 3 nitrogen and oxygen atoms in total. The molecule has 1 aliphatic rings. The third-order valence-corrected chi connectivity index (χ3v) is 4.51. The third kappa shape index (κ3) is 4.22. The van der Waals surface area contributed by atoms with Crippen LogP contribution in [0.3, 0.4) is 0 Å². The van der Waals surface area contributed by atoms with Crippen LogP contribution in [0.2, 0.25) is 0 Å². The minimum Gasteiger partial charge on any atom is -0.330 e. The van der Waals surface area contributed by atoms with E-state index in [9.17, 15) is 0 Å². The van der Waals surface area contributed by atoms with Crippen LogP contribution in [0.5, 0.6) is 0 Å². The summed E-state index contributed by atoms with van der Waals surface area (Å²) in [5.41, 5.74) is 6.34. The zero-order chi connectivity index (χ0) is 13.8. The molecule has 18 heavy (non-hydrogen) atoms. The highest BCUT2D eigenvalue weighted by molar-refractivity contribution is 4.98. The summed E-state index contributed by atoms with van der Waals surface area (Å²) >= 11 is 0. The van der Waals surface area contributed by atoms with Crippen LogP contribution in [0.15, 0.2) is 0 Å². The minimum absolute atomic E-state index is 0.436. The van der Waals surface area contributed by atoms with Crippen LogP contribution in [0, 0.1) is 11.8 Å². The largest absolute Gasteiger partial charge is 0.330 e. The van der Waals surface area contributed by atoms with Crippen LogP contribution in [0.1, 0.15) is 39.5 Å². The fraction of sp³-hybridized carbons (Fsp3) is 1.00. The van der Waals surface area contributed by atoms with Crippen molar-refractivity contribution in [2.75, 3.05) is 40.8 Å². The van der Waals surface area contributed by atoms with Gasteiger partial charge in [-0.3, -0.25) is 0 Å². The van der Waals surface area contributed by atoms with Crippen molar-refractivity contribution >= 4 is 0 Å². The van der Waals surface area contributed by atoms with Gasteiger partial charge < -0.3 is 15.5 Å². The average molecular weight is 255 g/mol. The quantitative estimate of drug-likeness (QED) is 0.720. The Morgan fingerprint density at radius 1 is 1.17 bits per heavy atom. The molecule has 2 N–H and O–H groups in total. The van der Waals surface area contributed by atoms with Gasteiger partial charge in [0.15, 0.2) is 0 Å². The monoisotopic (exact) mass is 255 g/mol. The van der Waals surface area contributed by atoms with Crippen molar-refractivity contribution in [1.29, 1.82) is 0 Å². The molecule has 0 aromatic carbocycles. The molecule has 0 aromatic rings. The maximum Gasteiger partial charge on any atom is 0.0330 e. The molecule has 0 aliphatic heterocycles. The van der Waals surface area contributed by atoms with Crippen LogP contribution < -0.4 is 5.73 Å². The normalized spacial score (nSPS) is 20.5. The van der Waals surface area contributed by atoms with E-state index < -0.39 is 0 Å².